The lowest BCUT2D eigenvalue weighted by molar-refractivity contribution is 0.589. The van der Waals surface area contributed by atoms with E-state index in [1.165, 1.54) is 3.97 Å². The molecule has 150 valence electrons. The highest BCUT2D eigenvalue weighted by molar-refractivity contribution is 14.1. The van der Waals surface area contributed by atoms with Crippen LogP contribution >= 0.6 is 34.2 Å². The molecule has 0 saturated carbocycles. The summed E-state index contributed by atoms with van der Waals surface area (Å²) in [5.74, 6) is 0. The average molecular weight is 550 g/mol. The molecule has 5 rings (SSSR count). The van der Waals surface area contributed by atoms with Gasteiger partial charge >= 0.3 is 0 Å². The van der Waals surface area contributed by atoms with Crippen LogP contribution in [0.3, 0.4) is 0 Å². The van der Waals surface area contributed by atoms with Crippen molar-refractivity contribution in [2.75, 3.05) is 0 Å². The van der Waals surface area contributed by atoms with Crippen LogP contribution in [0.1, 0.15) is 5.56 Å². The lowest BCUT2D eigenvalue weighted by atomic mass is 10.1. The normalized spacial score (nSPS) is 12.1. The number of rotatable bonds is 3. The Morgan fingerprint density at radius 1 is 1.10 bits per heavy atom. The molecule has 0 radical (unpaired) electrons. The number of hydrogen-bond donors (Lipinski definition) is 0. The minimum absolute atomic E-state index is 0.0201. The van der Waals surface area contributed by atoms with Gasteiger partial charge in [-0.05, 0) is 70.9 Å². The molecule has 30 heavy (non-hydrogen) atoms. The van der Waals surface area contributed by atoms with Crippen LogP contribution in [0, 0.1) is 10.5 Å². The molecule has 0 fully saturated rings. The zero-order valence-corrected chi connectivity index (χ0v) is 19.2. The van der Waals surface area contributed by atoms with Crippen LogP contribution in [0.25, 0.3) is 27.7 Å². The molecule has 0 amide bonds. The number of aryl methyl sites for hydroxylation is 1. The SMILES string of the molecule is Cc1ccc(S(=O)(=O)n2cc(-c3ccn4ncc(I)c4c3)c3cnc(Cl)nc32)cc1. The minimum Gasteiger partial charge on any atom is -0.240 e. The van der Waals surface area contributed by atoms with E-state index in [9.17, 15) is 8.42 Å². The van der Waals surface area contributed by atoms with Crippen molar-refractivity contribution in [2.45, 2.75) is 11.8 Å². The summed E-state index contributed by atoms with van der Waals surface area (Å²) < 4.78 is 30.7. The van der Waals surface area contributed by atoms with Gasteiger partial charge in [0, 0.05) is 29.5 Å². The fraction of sp³-hybridized carbons (Fsp3) is 0.0500. The van der Waals surface area contributed by atoms with Crippen molar-refractivity contribution >= 4 is 60.8 Å². The molecule has 0 saturated heterocycles. The standard InChI is InChI=1S/C20H13ClIN5O2S/c1-12-2-4-14(5-3-12)30(28,29)27-11-16(15-9-23-20(21)25-19(15)27)13-6-7-26-18(8-13)17(22)10-24-26/h2-11H,1H3. The number of benzene rings is 1. The van der Waals surface area contributed by atoms with Crippen LogP contribution in [-0.4, -0.2) is 32.0 Å². The quantitative estimate of drug-likeness (QED) is 0.244. The Balaban J connectivity index is 1.78. The third-order valence-electron chi connectivity index (χ3n) is 4.85. The zero-order valence-electron chi connectivity index (χ0n) is 15.5. The molecule has 0 aliphatic rings. The van der Waals surface area contributed by atoms with E-state index in [4.69, 9.17) is 11.6 Å². The molecule has 4 heterocycles. The average Bonchev–Trinajstić information content (AvgIpc) is 3.29. The largest absolute Gasteiger partial charge is 0.269 e. The van der Waals surface area contributed by atoms with E-state index in [2.05, 4.69) is 37.7 Å². The van der Waals surface area contributed by atoms with E-state index in [1.54, 1.807) is 47.4 Å². The Morgan fingerprint density at radius 3 is 2.63 bits per heavy atom. The van der Waals surface area contributed by atoms with Crippen LogP contribution in [0.2, 0.25) is 5.28 Å². The molecule has 10 heteroatoms. The lowest BCUT2D eigenvalue weighted by Gasteiger charge is -2.07. The van der Waals surface area contributed by atoms with E-state index in [0.717, 1.165) is 20.2 Å². The maximum atomic E-state index is 13.4. The van der Waals surface area contributed by atoms with E-state index >= 15 is 0 Å². The van der Waals surface area contributed by atoms with Gasteiger partial charge in [0.1, 0.15) is 0 Å². The van der Waals surface area contributed by atoms with Gasteiger partial charge in [-0.3, -0.25) is 0 Å². The van der Waals surface area contributed by atoms with Gasteiger partial charge in [0.2, 0.25) is 5.28 Å². The second kappa shape index (κ2) is 7.03. The van der Waals surface area contributed by atoms with Gasteiger partial charge < -0.3 is 0 Å². The molecule has 0 N–H and O–H groups in total. The summed E-state index contributed by atoms with van der Waals surface area (Å²) in [6, 6.07) is 10.5. The number of pyridine rings is 1. The second-order valence-corrected chi connectivity index (χ2v) is 10.1. The molecule has 1 aromatic carbocycles. The Morgan fingerprint density at radius 2 is 1.87 bits per heavy atom. The highest BCUT2D eigenvalue weighted by Crippen LogP contribution is 2.33. The fourth-order valence-corrected chi connectivity index (χ4v) is 5.29. The third kappa shape index (κ3) is 3.08. The summed E-state index contributed by atoms with van der Waals surface area (Å²) in [6.07, 6.45) is 6.72. The minimum atomic E-state index is -3.88. The van der Waals surface area contributed by atoms with E-state index < -0.39 is 10.0 Å². The van der Waals surface area contributed by atoms with Gasteiger partial charge in [0.25, 0.3) is 10.0 Å². The first-order valence-corrected chi connectivity index (χ1v) is 11.7. The van der Waals surface area contributed by atoms with Crippen molar-refractivity contribution < 1.29 is 8.42 Å². The smallest absolute Gasteiger partial charge is 0.240 e. The van der Waals surface area contributed by atoms with Crippen molar-refractivity contribution in [1.29, 1.82) is 0 Å². The predicted octanol–water partition coefficient (Wildman–Crippen LogP) is 4.55. The highest BCUT2D eigenvalue weighted by Gasteiger charge is 2.23. The van der Waals surface area contributed by atoms with Gasteiger partial charge in [0.05, 0.1) is 20.2 Å². The van der Waals surface area contributed by atoms with E-state index in [1.807, 2.05) is 25.3 Å². The van der Waals surface area contributed by atoms with Crippen molar-refractivity contribution in [3.05, 3.63) is 75.6 Å². The molecule has 4 aromatic heterocycles. The topological polar surface area (TPSA) is 82.2 Å². The second-order valence-electron chi connectivity index (χ2n) is 6.77. The van der Waals surface area contributed by atoms with Crippen LogP contribution in [0.15, 0.2) is 66.1 Å². The lowest BCUT2D eigenvalue weighted by Crippen LogP contribution is -2.12. The zero-order chi connectivity index (χ0) is 21.0. The molecular formula is C20H13ClIN5O2S. The Labute approximate surface area is 190 Å². The molecule has 0 bridgehead atoms. The molecule has 0 unspecified atom stereocenters. The first-order chi connectivity index (χ1) is 14.3. The number of aromatic nitrogens is 5. The monoisotopic (exact) mass is 549 g/mol. The fourth-order valence-electron chi connectivity index (χ4n) is 3.31. The van der Waals surface area contributed by atoms with Gasteiger partial charge in [-0.1, -0.05) is 17.7 Å². The first kappa shape index (κ1) is 19.5. The van der Waals surface area contributed by atoms with Crippen LogP contribution in [-0.2, 0) is 10.0 Å². The van der Waals surface area contributed by atoms with Gasteiger partial charge in [-0.2, -0.15) is 10.1 Å². The van der Waals surface area contributed by atoms with E-state index in [-0.39, 0.29) is 15.8 Å². The van der Waals surface area contributed by atoms with Crippen LogP contribution in [0.5, 0.6) is 0 Å². The number of halogens is 2. The Kier molecular flexibility index (Phi) is 4.56. The summed E-state index contributed by atoms with van der Waals surface area (Å²) in [7, 11) is -3.88. The number of fused-ring (bicyclic) bond motifs is 2. The molecule has 0 atom stereocenters. The predicted molar refractivity (Wildman–Crippen MR) is 123 cm³/mol. The third-order valence-corrected chi connectivity index (χ3v) is 7.53. The van der Waals surface area contributed by atoms with Crippen molar-refractivity contribution in [1.82, 2.24) is 23.6 Å². The molecule has 5 aromatic rings. The Hall–Kier alpha value is -2.50. The van der Waals surface area contributed by atoms with Crippen molar-refractivity contribution in [3.63, 3.8) is 0 Å². The number of hydrogen-bond acceptors (Lipinski definition) is 5. The highest BCUT2D eigenvalue weighted by atomic mass is 127. The summed E-state index contributed by atoms with van der Waals surface area (Å²) in [5, 5.41) is 4.86. The number of nitrogens with zero attached hydrogens (tertiary/aromatic N) is 5. The maximum absolute atomic E-state index is 13.4. The molecule has 7 nitrogen and oxygen atoms in total. The maximum Gasteiger partial charge on any atom is 0.269 e. The van der Waals surface area contributed by atoms with Crippen LogP contribution in [0.4, 0.5) is 0 Å². The van der Waals surface area contributed by atoms with Gasteiger partial charge in [-0.25, -0.2) is 21.9 Å². The van der Waals surface area contributed by atoms with Gasteiger partial charge in [-0.15, -0.1) is 0 Å². The summed E-state index contributed by atoms with van der Waals surface area (Å²) in [4.78, 5) is 8.46. The summed E-state index contributed by atoms with van der Waals surface area (Å²) in [5.41, 5.74) is 3.64. The van der Waals surface area contributed by atoms with E-state index in [0.29, 0.717) is 10.9 Å². The summed E-state index contributed by atoms with van der Waals surface area (Å²) in [6.45, 7) is 1.90. The molecular weight excluding hydrogens is 537 g/mol. The Bertz CT molecular complexity index is 1540. The van der Waals surface area contributed by atoms with Crippen LogP contribution < -0.4 is 0 Å². The molecule has 0 aliphatic heterocycles. The molecule has 0 spiro atoms. The van der Waals surface area contributed by atoms with Crippen molar-refractivity contribution in [3.8, 4) is 11.1 Å². The van der Waals surface area contributed by atoms with Crippen molar-refractivity contribution in [2.24, 2.45) is 0 Å². The first-order valence-electron chi connectivity index (χ1n) is 8.84. The molecule has 0 aliphatic carbocycles. The van der Waals surface area contributed by atoms with Gasteiger partial charge in [0.15, 0.2) is 5.65 Å². The summed E-state index contributed by atoms with van der Waals surface area (Å²) >= 11 is 8.22.